The number of likely N-dealkylation sites (tertiary alicyclic amines) is 1. The molecule has 0 amide bonds. The predicted octanol–water partition coefficient (Wildman–Crippen LogP) is 3.64. The maximum atomic E-state index is 5.56. The molecule has 1 aromatic heterocycles. The van der Waals surface area contributed by atoms with E-state index in [9.17, 15) is 0 Å². The van der Waals surface area contributed by atoms with Crippen molar-refractivity contribution in [3.8, 4) is 23.8 Å². The first kappa shape index (κ1) is 18.9. The van der Waals surface area contributed by atoms with Crippen molar-refractivity contribution >= 4 is 16.6 Å². The van der Waals surface area contributed by atoms with Crippen LogP contribution in [-0.2, 0) is 12.8 Å². The van der Waals surface area contributed by atoms with Gasteiger partial charge in [-0.3, -0.25) is 4.98 Å². The number of nitrogens with one attached hydrogen (secondary N) is 1. The van der Waals surface area contributed by atoms with Crippen LogP contribution in [0, 0.1) is 12.3 Å². The maximum Gasteiger partial charge on any atom is 0.162 e. The van der Waals surface area contributed by atoms with E-state index in [-0.39, 0.29) is 0 Å². The van der Waals surface area contributed by atoms with Gasteiger partial charge < -0.3 is 19.7 Å². The molecule has 0 radical (unpaired) electrons. The Labute approximate surface area is 167 Å². The van der Waals surface area contributed by atoms with E-state index in [1.165, 1.54) is 36.2 Å². The molecule has 1 aliphatic carbocycles. The number of piperidine rings is 1. The first-order valence-corrected chi connectivity index (χ1v) is 10.2. The number of aromatic nitrogens is 1. The van der Waals surface area contributed by atoms with E-state index >= 15 is 0 Å². The smallest absolute Gasteiger partial charge is 0.162 e. The van der Waals surface area contributed by atoms with E-state index in [0.717, 1.165) is 61.3 Å². The molecular weight excluding hydrogens is 350 g/mol. The number of ether oxygens (including phenoxy) is 2. The molecule has 0 spiro atoms. The second-order valence-electron chi connectivity index (χ2n) is 7.73. The molecule has 4 rings (SSSR count). The molecule has 1 N–H and O–H groups in total. The molecule has 1 aromatic carbocycles. The molecule has 5 nitrogen and oxygen atoms in total. The van der Waals surface area contributed by atoms with E-state index in [1.807, 2.05) is 6.07 Å². The van der Waals surface area contributed by atoms with Crippen LogP contribution in [0.2, 0.25) is 0 Å². The lowest BCUT2D eigenvalue weighted by Gasteiger charge is -2.34. The minimum Gasteiger partial charge on any atom is -0.493 e. The summed E-state index contributed by atoms with van der Waals surface area (Å²) < 4.78 is 11.1. The molecule has 2 heterocycles. The van der Waals surface area contributed by atoms with Crippen molar-refractivity contribution in [2.75, 3.05) is 39.2 Å². The second-order valence-corrected chi connectivity index (χ2v) is 7.73. The largest absolute Gasteiger partial charge is 0.493 e. The number of hydrogen-bond acceptors (Lipinski definition) is 5. The molecule has 148 valence electrons. The zero-order valence-corrected chi connectivity index (χ0v) is 16.9. The van der Waals surface area contributed by atoms with Crippen molar-refractivity contribution < 1.29 is 9.47 Å². The normalized spacial score (nSPS) is 19.2. The van der Waals surface area contributed by atoms with E-state index < -0.39 is 0 Å². The molecule has 1 aliphatic heterocycles. The van der Waals surface area contributed by atoms with Gasteiger partial charge in [0.05, 0.1) is 19.7 Å². The number of terminal acetylenes is 1. The molecule has 0 saturated carbocycles. The third-order valence-electron chi connectivity index (χ3n) is 5.94. The molecule has 1 atom stereocenters. The summed E-state index contributed by atoms with van der Waals surface area (Å²) in [4.78, 5) is 7.42. The standard InChI is InChI=1S/C23H29N3O2/c1-4-5-11-26-12-7-8-16(15-26)24-23-17-9-6-10-19(17)25-20-14-22(28-3)21(27-2)13-18(20)23/h1,13-14,16H,5-12,15H2,2-3H3,(H,24,25)/t16-/m0/s1. The minimum absolute atomic E-state index is 0.426. The SMILES string of the molecule is C#CCCN1CCC[C@H](Nc2c3c(nc4cc(OC)c(OC)cc24)CCC3)C1. The van der Waals surface area contributed by atoms with Gasteiger partial charge in [0.2, 0.25) is 0 Å². The van der Waals surface area contributed by atoms with Gasteiger partial charge in [-0.15, -0.1) is 12.3 Å². The zero-order valence-electron chi connectivity index (χ0n) is 16.9. The molecule has 28 heavy (non-hydrogen) atoms. The number of aryl methyl sites for hydroxylation is 1. The van der Waals surface area contributed by atoms with Crippen molar-refractivity contribution in [2.24, 2.45) is 0 Å². The number of pyridine rings is 1. The van der Waals surface area contributed by atoms with Gasteiger partial charge in [0.25, 0.3) is 0 Å². The molecule has 5 heteroatoms. The third kappa shape index (κ3) is 3.62. The quantitative estimate of drug-likeness (QED) is 0.777. The lowest BCUT2D eigenvalue weighted by molar-refractivity contribution is 0.221. The Hall–Kier alpha value is -2.45. The van der Waals surface area contributed by atoms with E-state index in [2.05, 4.69) is 22.2 Å². The number of methoxy groups -OCH3 is 2. The highest BCUT2D eigenvalue weighted by Gasteiger charge is 2.25. The Morgan fingerprint density at radius 3 is 2.82 bits per heavy atom. The second kappa shape index (κ2) is 8.28. The number of nitrogens with zero attached hydrogens (tertiary/aromatic N) is 2. The number of fused-ring (bicyclic) bond motifs is 2. The summed E-state index contributed by atoms with van der Waals surface area (Å²) in [6, 6.07) is 4.49. The number of benzene rings is 1. The number of anilines is 1. The highest BCUT2D eigenvalue weighted by molar-refractivity contribution is 5.96. The van der Waals surface area contributed by atoms with E-state index in [4.69, 9.17) is 20.9 Å². The molecule has 1 saturated heterocycles. The van der Waals surface area contributed by atoms with Crippen LogP contribution in [0.3, 0.4) is 0 Å². The van der Waals surface area contributed by atoms with Crippen molar-refractivity contribution in [3.05, 3.63) is 23.4 Å². The van der Waals surface area contributed by atoms with E-state index in [1.54, 1.807) is 14.2 Å². The summed E-state index contributed by atoms with van der Waals surface area (Å²) >= 11 is 0. The summed E-state index contributed by atoms with van der Waals surface area (Å²) in [5.41, 5.74) is 4.81. The van der Waals surface area contributed by atoms with Crippen LogP contribution in [0.5, 0.6) is 11.5 Å². The monoisotopic (exact) mass is 379 g/mol. The molecule has 0 bridgehead atoms. The fourth-order valence-corrected chi connectivity index (χ4v) is 4.56. The van der Waals surface area contributed by atoms with Gasteiger partial charge >= 0.3 is 0 Å². The van der Waals surface area contributed by atoms with Crippen LogP contribution in [0.25, 0.3) is 10.9 Å². The van der Waals surface area contributed by atoms with Gasteiger partial charge in [-0.05, 0) is 50.3 Å². The average molecular weight is 380 g/mol. The van der Waals surface area contributed by atoms with Crippen LogP contribution in [-0.4, -0.2) is 49.8 Å². The van der Waals surface area contributed by atoms with Gasteiger partial charge in [-0.2, -0.15) is 0 Å². The van der Waals surface area contributed by atoms with Gasteiger partial charge in [0, 0.05) is 48.4 Å². The van der Waals surface area contributed by atoms with E-state index in [0.29, 0.717) is 6.04 Å². The highest BCUT2D eigenvalue weighted by atomic mass is 16.5. The van der Waals surface area contributed by atoms with Crippen LogP contribution >= 0.6 is 0 Å². The molecule has 0 unspecified atom stereocenters. The summed E-state index contributed by atoms with van der Waals surface area (Å²) in [6.45, 7) is 3.16. The molecule has 2 aromatic rings. The van der Waals surface area contributed by atoms with Gasteiger partial charge in [0.15, 0.2) is 11.5 Å². The Balaban J connectivity index is 1.70. The maximum absolute atomic E-state index is 5.56. The van der Waals surface area contributed by atoms with Crippen LogP contribution in [0.1, 0.15) is 36.9 Å². The Morgan fingerprint density at radius 1 is 1.21 bits per heavy atom. The summed E-state index contributed by atoms with van der Waals surface area (Å²) in [5.74, 6) is 4.24. The number of rotatable bonds is 6. The third-order valence-corrected chi connectivity index (χ3v) is 5.94. The van der Waals surface area contributed by atoms with Crippen molar-refractivity contribution in [1.82, 2.24) is 9.88 Å². The number of hydrogen-bond donors (Lipinski definition) is 1. The fourth-order valence-electron chi connectivity index (χ4n) is 4.56. The predicted molar refractivity (Wildman–Crippen MR) is 113 cm³/mol. The van der Waals surface area contributed by atoms with Crippen LogP contribution < -0.4 is 14.8 Å². The van der Waals surface area contributed by atoms with Gasteiger partial charge in [0.1, 0.15) is 0 Å². The summed E-state index contributed by atoms with van der Waals surface area (Å²) in [7, 11) is 3.35. The highest BCUT2D eigenvalue weighted by Crippen LogP contribution is 2.40. The fraction of sp³-hybridized carbons (Fsp3) is 0.522. The van der Waals surface area contributed by atoms with Crippen LogP contribution in [0.4, 0.5) is 5.69 Å². The average Bonchev–Trinajstić information content (AvgIpc) is 3.19. The van der Waals surface area contributed by atoms with Crippen LogP contribution in [0.15, 0.2) is 12.1 Å². The van der Waals surface area contributed by atoms with Gasteiger partial charge in [-0.1, -0.05) is 0 Å². The topological polar surface area (TPSA) is 46.6 Å². The summed E-state index contributed by atoms with van der Waals surface area (Å²) in [6.07, 6.45) is 12.0. The van der Waals surface area contributed by atoms with Crippen molar-refractivity contribution in [1.29, 1.82) is 0 Å². The zero-order chi connectivity index (χ0) is 19.5. The molecule has 2 aliphatic rings. The van der Waals surface area contributed by atoms with Gasteiger partial charge in [-0.25, -0.2) is 0 Å². The van der Waals surface area contributed by atoms with Crippen molar-refractivity contribution in [2.45, 2.75) is 44.6 Å². The Kier molecular flexibility index (Phi) is 5.59. The Bertz CT molecular complexity index is 903. The lowest BCUT2D eigenvalue weighted by Crippen LogP contribution is -2.42. The summed E-state index contributed by atoms with van der Waals surface area (Å²) in [5, 5.41) is 5.01. The molecular formula is C23H29N3O2. The first-order chi connectivity index (χ1) is 13.7. The molecule has 1 fully saturated rings. The Morgan fingerprint density at radius 2 is 2.04 bits per heavy atom. The minimum atomic E-state index is 0.426. The van der Waals surface area contributed by atoms with Crippen molar-refractivity contribution in [3.63, 3.8) is 0 Å². The lowest BCUT2D eigenvalue weighted by atomic mass is 10.0. The first-order valence-electron chi connectivity index (χ1n) is 10.2.